The molecule has 1 amide bonds. The number of benzene rings is 2. The van der Waals surface area contributed by atoms with Crippen molar-refractivity contribution in [1.29, 1.82) is 0 Å². The average molecular weight is 494 g/mol. The van der Waals surface area contributed by atoms with Crippen LogP contribution in [0, 0.1) is 0 Å². The van der Waals surface area contributed by atoms with Gasteiger partial charge in [0, 0.05) is 16.0 Å². The van der Waals surface area contributed by atoms with Crippen molar-refractivity contribution in [3.63, 3.8) is 0 Å². The zero-order valence-electron chi connectivity index (χ0n) is 17.7. The monoisotopic (exact) mass is 493 g/mol. The molecule has 170 valence electrons. The number of amides is 1. The van der Waals surface area contributed by atoms with Crippen molar-refractivity contribution in [2.75, 3.05) is 35.4 Å². The summed E-state index contributed by atoms with van der Waals surface area (Å²) in [7, 11) is -1.53. The first kappa shape index (κ1) is 22.9. The van der Waals surface area contributed by atoms with Gasteiger partial charge in [-0.05, 0) is 42.3 Å². The number of hydrogen-bond acceptors (Lipinski definition) is 7. The maximum Gasteiger partial charge on any atom is 0.244 e. The van der Waals surface area contributed by atoms with E-state index in [0.29, 0.717) is 21.6 Å². The van der Waals surface area contributed by atoms with Gasteiger partial charge in [-0.15, -0.1) is 0 Å². The predicted octanol–water partition coefficient (Wildman–Crippen LogP) is 3.62. The van der Waals surface area contributed by atoms with Crippen molar-refractivity contribution in [3.05, 3.63) is 53.1 Å². The van der Waals surface area contributed by atoms with Crippen LogP contribution in [-0.4, -0.2) is 55.9 Å². The lowest BCUT2D eigenvalue weighted by Gasteiger charge is -2.24. The zero-order valence-corrected chi connectivity index (χ0v) is 20.1. The van der Waals surface area contributed by atoms with Crippen LogP contribution in [0.25, 0.3) is 0 Å². The Balaban J connectivity index is 1.58. The number of hydrogen-bond donors (Lipinski definition) is 1. The summed E-state index contributed by atoms with van der Waals surface area (Å²) in [6.45, 7) is 2.09. The second-order valence-electron chi connectivity index (χ2n) is 7.71. The number of methoxy groups -OCH3 is 1. The molecule has 0 aromatic heterocycles. The van der Waals surface area contributed by atoms with Crippen LogP contribution in [0.4, 0.5) is 11.4 Å². The molecule has 32 heavy (non-hydrogen) atoms. The van der Waals surface area contributed by atoms with Crippen LogP contribution in [0.1, 0.15) is 12.5 Å². The molecule has 0 aliphatic carbocycles. The van der Waals surface area contributed by atoms with Crippen molar-refractivity contribution in [1.82, 2.24) is 0 Å². The number of fused-ring (bicyclic) bond motifs is 1. The van der Waals surface area contributed by atoms with Crippen LogP contribution in [0.3, 0.4) is 0 Å². The number of aryl methyl sites for hydroxylation is 1. The van der Waals surface area contributed by atoms with E-state index in [1.807, 2.05) is 29.2 Å². The lowest BCUT2D eigenvalue weighted by atomic mass is 10.1. The second kappa shape index (κ2) is 9.33. The summed E-state index contributed by atoms with van der Waals surface area (Å²) in [5.41, 5.74) is 2.49. The van der Waals surface area contributed by atoms with Gasteiger partial charge in [0.1, 0.15) is 12.3 Å². The van der Waals surface area contributed by atoms with Crippen LogP contribution < -0.4 is 15.0 Å². The molecule has 0 spiro atoms. The number of thioether (sulfide) groups is 1. The first-order chi connectivity index (χ1) is 15.3. The quantitative estimate of drug-likeness (QED) is 0.661. The maximum absolute atomic E-state index is 13.0. The molecule has 0 radical (unpaired) electrons. The minimum Gasteiger partial charge on any atom is -0.495 e. The van der Waals surface area contributed by atoms with Gasteiger partial charge in [-0.3, -0.25) is 9.79 Å². The molecular formula is C22H24ClN3O4S2. The standard InChI is InChI=1S/C22H24ClN3O4S2/c1-3-14-4-7-16(8-5-14)26(22-25-18-12-32(28,29)13-20(18)31-22)11-21(27)24-17-10-15(23)6-9-19(17)30-2/h4-10,18,20H,3,11-13H2,1-2H3,(H,24,27)/t18-,20+/m0/s1. The highest BCUT2D eigenvalue weighted by Gasteiger charge is 2.44. The SMILES string of the molecule is CCc1ccc(N(CC(=O)Nc2cc(Cl)ccc2OC)C2=N[C@H]3CS(=O)(=O)C[C@H]3S2)cc1. The molecule has 0 bridgehead atoms. The van der Waals surface area contributed by atoms with E-state index in [0.717, 1.165) is 12.1 Å². The molecule has 2 aromatic carbocycles. The molecule has 4 rings (SSSR count). The van der Waals surface area contributed by atoms with Crippen LogP contribution in [0.15, 0.2) is 47.5 Å². The van der Waals surface area contributed by atoms with Gasteiger partial charge in [0.25, 0.3) is 0 Å². The molecule has 7 nitrogen and oxygen atoms in total. The van der Waals surface area contributed by atoms with Crippen LogP contribution in [0.5, 0.6) is 5.75 Å². The molecule has 2 aliphatic heterocycles. The summed E-state index contributed by atoms with van der Waals surface area (Å²) in [5.74, 6) is 0.416. The van der Waals surface area contributed by atoms with E-state index in [2.05, 4.69) is 17.2 Å². The highest BCUT2D eigenvalue weighted by molar-refractivity contribution is 8.15. The molecule has 1 N–H and O–H groups in total. The fourth-order valence-electron chi connectivity index (χ4n) is 3.76. The van der Waals surface area contributed by atoms with Gasteiger partial charge in [-0.1, -0.05) is 42.4 Å². The lowest BCUT2D eigenvalue weighted by molar-refractivity contribution is -0.114. The van der Waals surface area contributed by atoms with E-state index >= 15 is 0 Å². The number of carbonyl (C=O) groups is 1. The molecule has 0 unspecified atom stereocenters. The number of halogens is 1. The molecule has 0 saturated carbocycles. The number of rotatable bonds is 6. The molecule has 2 aromatic rings. The topological polar surface area (TPSA) is 88.1 Å². The third-order valence-electron chi connectivity index (χ3n) is 5.43. The number of aliphatic imine (C=N–C) groups is 1. The maximum atomic E-state index is 13.0. The lowest BCUT2D eigenvalue weighted by Crippen LogP contribution is -2.36. The molecular weight excluding hydrogens is 470 g/mol. The Bertz CT molecular complexity index is 1150. The van der Waals surface area contributed by atoms with E-state index < -0.39 is 9.84 Å². The van der Waals surface area contributed by atoms with E-state index in [-0.39, 0.29) is 35.2 Å². The minimum absolute atomic E-state index is 0.0131. The minimum atomic E-state index is -3.06. The average Bonchev–Trinajstić information content (AvgIpc) is 3.25. The molecule has 2 heterocycles. The van der Waals surface area contributed by atoms with Gasteiger partial charge in [-0.2, -0.15) is 0 Å². The third kappa shape index (κ3) is 5.05. The Kier molecular flexibility index (Phi) is 6.69. The highest BCUT2D eigenvalue weighted by atomic mass is 35.5. The van der Waals surface area contributed by atoms with Crippen LogP contribution >= 0.6 is 23.4 Å². The zero-order chi connectivity index (χ0) is 22.9. The van der Waals surface area contributed by atoms with E-state index in [1.165, 1.54) is 24.4 Å². The molecule has 2 aliphatic rings. The summed E-state index contributed by atoms with van der Waals surface area (Å²) < 4.78 is 29.2. The summed E-state index contributed by atoms with van der Waals surface area (Å²) >= 11 is 7.51. The van der Waals surface area contributed by atoms with Crippen molar-refractivity contribution in [3.8, 4) is 5.75 Å². The summed E-state index contributed by atoms with van der Waals surface area (Å²) in [6.07, 6.45) is 0.910. The number of carbonyl (C=O) groups excluding carboxylic acids is 1. The normalized spacial score (nSPS) is 21.0. The van der Waals surface area contributed by atoms with Gasteiger partial charge >= 0.3 is 0 Å². The van der Waals surface area contributed by atoms with E-state index in [9.17, 15) is 13.2 Å². The molecule has 2 atom stereocenters. The number of ether oxygens (including phenoxy) is 1. The fourth-order valence-corrected chi connectivity index (χ4v) is 7.72. The third-order valence-corrected chi connectivity index (χ3v) is 8.91. The first-order valence-corrected chi connectivity index (χ1v) is 13.3. The summed E-state index contributed by atoms with van der Waals surface area (Å²) in [6, 6.07) is 12.7. The van der Waals surface area contributed by atoms with Crippen molar-refractivity contribution >= 4 is 55.6 Å². The smallest absolute Gasteiger partial charge is 0.244 e. The Morgan fingerprint density at radius 2 is 2.00 bits per heavy atom. The molecule has 10 heteroatoms. The van der Waals surface area contributed by atoms with E-state index in [1.54, 1.807) is 18.2 Å². The highest BCUT2D eigenvalue weighted by Crippen LogP contribution is 2.37. The number of sulfone groups is 1. The Hall–Kier alpha value is -2.23. The van der Waals surface area contributed by atoms with Gasteiger partial charge in [-0.25, -0.2) is 8.42 Å². The summed E-state index contributed by atoms with van der Waals surface area (Å²) in [5, 5.41) is 3.90. The van der Waals surface area contributed by atoms with Gasteiger partial charge in [0.2, 0.25) is 5.91 Å². The molecule has 1 fully saturated rings. The number of anilines is 2. The predicted molar refractivity (Wildman–Crippen MR) is 131 cm³/mol. The Labute approximate surface area is 197 Å². The van der Waals surface area contributed by atoms with E-state index in [4.69, 9.17) is 16.3 Å². The van der Waals surface area contributed by atoms with Crippen molar-refractivity contribution in [2.45, 2.75) is 24.6 Å². The van der Waals surface area contributed by atoms with Gasteiger partial charge in [0.05, 0.1) is 30.3 Å². The van der Waals surface area contributed by atoms with Gasteiger partial charge < -0.3 is 15.0 Å². The fraction of sp³-hybridized carbons (Fsp3) is 0.364. The number of amidine groups is 1. The summed E-state index contributed by atoms with van der Waals surface area (Å²) in [4.78, 5) is 19.5. The first-order valence-electron chi connectivity index (χ1n) is 10.2. The Morgan fingerprint density at radius 3 is 2.66 bits per heavy atom. The Morgan fingerprint density at radius 1 is 1.25 bits per heavy atom. The number of nitrogens with one attached hydrogen (secondary N) is 1. The molecule has 1 saturated heterocycles. The van der Waals surface area contributed by atoms with Gasteiger partial charge in [0.15, 0.2) is 15.0 Å². The van der Waals surface area contributed by atoms with Crippen LogP contribution in [-0.2, 0) is 21.1 Å². The van der Waals surface area contributed by atoms with Crippen LogP contribution in [0.2, 0.25) is 5.02 Å². The van der Waals surface area contributed by atoms with Crippen molar-refractivity contribution in [2.24, 2.45) is 4.99 Å². The number of nitrogens with zero attached hydrogens (tertiary/aromatic N) is 2. The second-order valence-corrected chi connectivity index (χ2v) is 11.5. The van der Waals surface area contributed by atoms with Crippen molar-refractivity contribution < 1.29 is 17.9 Å². The largest absolute Gasteiger partial charge is 0.495 e.